The average Bonchev–Trinajstić information content (AvgIpc) is 2.27. The number of nitrogens with zero attached hydrogens (tertiary/aromatic N) is 1. The molecule has 3 nitrogen and oxygen atoms in total. The van der Waals surface area contributed by atoms with Crippen molar-refractivity contribution in [1.82, 2.24) is 0 Å². The van der Waals surface area contributed by atoms with E-state index in [1.54, 1.807) is 0 Å². The van der Waals surface area contributed by atoms with Gasteiger partial charge in [0.1, 0.15) is 6.61 Å². The predicted molar refractivity (Wildman–Crippen MR) is 56.9 cm³/mol. The summed E-state index contributed by atoms with van der Waals surface area (Å²) in [6, 6.07) is 2.30. The minimum atomic E-state index is -0.462. The maximum absolute atomic E-state index is 11.4. The number of hydrogen-bond donors (Lipinski definition) is 0. The van der Waals surface area contributed by atoms with Gasteiger partial charge in [0.2, 0.25) is 0 Å². The monoisotopic (exact) mass is 207 g/mol. The summed E-state index contributed by atoms with van der Waals surface area (Å²) in [4.78, 5) is 11.4. The Labute approximate surface area is 90.7 Å². The molecule has 0 aromatic rings. The van der Waals surface area contributed by atoms with Gasteiger partial charge >= 0.3 is 5.97 Å². The van der Waals surface area contributed by atoms with Crippen molar-refractivity contribution in [2.24, 2.45) is 5.41 Å². The van der Waals surface area contributed by atoms with Gasteiger partial charge in [0.15, 0.2) is 0 Å². The second kappa shape index (κ2) is 5.55. The summed E-state index contributed by atoms with van der Waals surface area (Å²) in [6.45, 7) is 3.71. The molecule has 0 aromatic carbocycles. The molecule has 0 aliphatic heterocycles. The molecule has 0 aromatic heterocycles. The Morgan fingerprint density at radius 2 is 2.13 bits per heavy atom. The second-order valence-corrected chi connectivity index (χ2v) is 4.10. The van der Waals surface area contributed by atoms with Gasteiger partial charge in [-0.3, -0.25) is 4.79 Å². The molecule has 3 heteroatoms. The molecule has 1 saturated carbocycles. The van der Waals surface area contributed by atoms with Crippen LogP contribution in [0.15, 0.2) is 12.7 Å². The van der Waals surface area contributed by atoms with Gasteiger partial charge in [0, 0.05) is 0 Å². The van der Waals surface area contributed by atoms with Crippen LogP contribution in [-0.4, -0.2) is 12.6 Å². The fraction of sp³-hybridized carbons (Fsp3) is 0.667. The summed E-state index contributed by atoms with van der Waals surface area (Å²) in [7, 11) is 0. The molecule has 0 amide bonds. The number of hydrogen-bond acceptors (Lipinski definition) is 3. The Kier molecular flexibility index (Phi) is 4.36. The van der Waals surface area contributed by atoms with E-state index in [1.165, 1.54) is 12.5 Å². The van der Waals surface area contributed by atoms with Crippen LogP contribution in [0.25, 0.3) is 0 Å². The van der Waals surface area contributed by atoms with E-state index in [0.717, 1.165) is 25.7 Å². The van der Waals surface area contributed by atoms with Crippen LogP contribution in [0.3, 0.4) is 0 Å². The number of rotatable bonds is 4. The number of carbonyl (C=O) groups excluding carboxylic acids is 1. The van der Waals surface area contributed by atoms with Gasteiger partial charge in [0.05, 0.1) is 17.9 Å². The Balaban J connectivity index is 2.48. The van der Waals surface area contributed by atoms with Gasteiger partial charge < -0.3 is 4.74 Å². The Hall–Kier alpha value is -1.30. The van der Waals surface area contributed by atoms with Crippen LogP contribution in [0.2, 0.25) is 0 Å². The zero-order valence-corrected chi connectivity index (χ0v) is 9.00. The zero-order chi connectivity index (χ0) is 11.1. The summed E-state index contributed by atoms with van der Waals surface area (Å²) >= 11 is 0. The van der Waals surface area contributed by atoms with E-state index in [4.69, 9.17) is 10.00 Å². The van der Waals surface area contributed by atoms with Crippen molar-refractivity contribution >= 4 is 5.97 Å². The van der Waals surface area contributed by atoms with Crippen molar-refractivity contribution in [3.05, 3.63) is 12.7 Å². The van der Waals surface area contributed by atoms with Crippen molar-refractivity contribution in [2.45, 2.75) is 38.5 Å². The van der Waals surface area contributed by atoms with Crippen molar-refractivity contribution in [3.63, 3.8) is 0 Å². The van der Waals surface area contributed by atoms with E-state index >= 15 is 0 Å². The van der Waals surface area contributed by atoms with Gasteiger partial charge in [-0.1, -0.05) is 31.9 Å². The molecule has 0 N–H and O–H groups in total. The largest absolute Gasteiger partial charge is 0.461 e. The first-order valence-electron chi connectivity index (χ1n) is 5.40. The fourth-order valence-corrected chi connectivity index (χ4v) is 2.04. The molecule has 0 saturated heterocycles. The lowest BCUT2D eigenvalue weighted by molar-refractivity contribution is -0.144. The minimum Gasteiger partial charge on any atom is -0.461 e. The first-order valence-corrected chi connectivity index (χ1v) is 5.40. The highest BCUT2D eigenvalue weighted by atomic mass is 16.5. The second-order valence-electron chi connectivity index (χ2n) is 4.10. The standard InChI is InChI=1S/C12H17NO2/c1-2-8-15-11(14)9-12(10-13)6-4-3-5-7-12/h2H,1,3-9H2. The maximum Gasteiger partial charge on any atom is 0.307 e. The normalized spacial score (nSPS) is 18.9. The van der Waals surface area contributed by atoms with Gasteiger partial charge in [-0.05, 0) is 12.8 Å². The third-order valence-corrected chi connectivity index (χ3v) is 2.89. The Morgan fingerprint density at radius 1 is 1.47 bits per heavy atom. The molecule has 1 aliphatic rings. The van der Waals surface area contributed by atoms with E-state index in [0.29, 0.717) is 0 Å². The molecule has 0 bridgehead atoms. The van der Waals surface area contributed by atoms with Crippen LogP contribution < -0.4 is 0 Å². The van der Waals surface area contributed by atoms with Crippen LogP contribution in [0.5, 0.6) is 0 Å². The molecule has 0 atom stereocenters. The summed E-state index contributed by atoms with van der Waals surface area (Å²) in [5.74, 6) is -0.279. The van der Waals surface area contributed by atoms with E-state index in [-0.39, 0.29) is 19.0 Å². The third-order valence-electron chi connectivity index (χ3n) is 2.89. The third kappa shape index (κ3) is 3.39. The minimum absolute atomic E-state index is 0.233. The molecular weight excluding hydrogens is 190 g/mol. The fourth-order valence-electron chi connectivity index (χ4n) is 2.04. The van der Waals surface area contributed by atoms with E-state index in [9.17, 15) is 4.79 Å². The van der Waals surface area contributed by atoms with Gasteiger partial charge in [-0.2, -0.15) is 5.26 Å². The molecular formula is C12H17NO2. The zero-order valence-electron chi connectivity index (χ0n) is 9.00. The number of carbonyl (C=O) groups is 1. The summed E-state index contributed by atoms with van der Waals surface area (Å²) in [6.07, 6.45) is 6.68. The molecule has 15 heavy (non-hydrogen) atoms. The summed E-state index contributed by atoms with van der Waals surface area (Å²) < 4.78 is 4.91. The average molecular weight is 207 g/mol. The SMILES string of the molecule is C=CCOC(=O)CC1(C#N)CCCCC1. The molecule has 0 spiro atoms. The van der Waals surface area contributed by atoms with Crippen LogP contribution in [0, 0.1) is 16.7 Å². The van der Waals surface area contributed by atoms with Crippen LogP contribution in [-0.2, 0) is 9.53 Å². The lowest BCUT2D eigenvalue weighted by atomic mass is 9.73. The molecule has 0 heterocycles. The predicted octanol–water partition coefficient (Wildman–Crippen LogP) is 2.58. The number of ether oxygens (including phenoxy) is 1. The lowest BCUT2D eigenvalue weighted by Gasteiger charge is -2.29. The van der Waals surface area contributed by atoms with E-state index in [1.807, 2.05) is 0 Å². The van der Waals surface area contributed by atoms with Crippen molar-refractivity contribution in [1.29, 1.82) is 5.26 Å². The molecule has 1 aliphatic carbocycles. The molecule has 1 fully saturated rings. The first kappa shape index (κ1) is 11.8. The van der Waals surface area contributed by atoms with Crippen LogP contribution in [0.4, 0.5) is 0 Å². The summed E-state index contributed by atoms with van der Waals surface area (Å²) in [5.41, 5.74) is -0.462. The quantitative estimate of drug-likeness (QED) is 0.526. The van der Waals surface area contributed by atoms with Gasteiger partial charge in [-0.25, -0.2) is 0 Å². The van der Waals surface area contributed by atoms with E-state index < -0.39 is 5.41 Å². The van der Waals surface area contributed by atoms with Crippen LogP contribution in [0.1, 0.15) is 38.5 Å². The van der Waals surface area contributed by atoms with Crippen molar-refractivity contribution in [2.75, 3.05) is 6.61 Å². The number of nitriles is 1. The summed E-state index contributed by atoms with van der Waals surface area (Å²) in [5, 5.41) is 9.14. The topological polar surface area (TPSA) is 50.1 Å². The first-order chi connectivity index (χ1) is 7.22. The Bertz CT molecular complexity index is 272. The highest BCUT2D eigenvalue weighted by Crippen LogP contribution is 2.38. The lowest BCUT2D eigenvalue weighted by Crippen LogP contribution is -2.26. The molecule has 82 valence electrons. The number of esters is 1. The van der Waals surface area contributed by atoms with Crippen molar-refractivity contribution < 1.29 is 9.53 Å². The Morgan fingerprint density at radius 3 is 2.67 bits per heavy atom. The van der Waals surface area contributed by atoms with Crippen LogP contribution >= 0.6 is 0 Å². The highest BCUT2D eigenvalue weighted by Gasteiger charge is 2.34. The smallest absolute Gasteiger partial charge is 0.307 e. The van der Waals surface area contributed by atoms with Gasteiger partial charge in [-0.15, -0.1) is 0 Å². The molecule has 0 unspecified atom stereocenters. The maximum atomic E-state index is 11.4. The van der Waals surface area contributed by atoms with Crippen molar-refractivity contribution in [3.8, 4) is 6.07 Å². The van der Waals surface area contributed by atoms with Gasteiger partial charge in [0.25, 0.3) is 0 Å². The highest BCUT2D eigenvalue weighted by molar-refractivity contribution is 5.71. The molecule has 1 rings (SSSR count). The van der Waals surface area contributed by atoms with E-state index in [2.05, 4.69) is 12.6 Å². The molecule has 0 radical (unpaired) electrons.